The summed E-state index contributed by atoms with van der Waals surface area (Å²) in [4.78, 5) is 4.58. The highest BCUT2D eigenvalue weighted by molar-refractivity contribution is 9.10. The first-order chi connectivity index (χ1) is 10.2. The van der Waals surface area contributed by atoms with Crippen molar-refractivity contribution in [3.05, 3.63) is 46.9 Å². The number of halogens is 1. The maximum Gasteiger partial charge on any atom is 0.151 e. The van der Waals surface area contributed by atoms with Crippen LogP contribution in [0.2, 0.25) is 0 Å². The zero-order valence-corrected chi connectivity index (χ0v) is 14.3. The molecule has 0 aliphatic rings. The van der Waals surface area contributed by atoms with E-state index in [0.29, 0.717) is 6.61 Å². The highest BCUT2D eigenvalue weighted by Gasteiger charge is 2.05. The van der Waals surface area contributed by atoms with Crippen LogP contribution in [0.4, 0.5) is 5.69 Å². The second-order valence-corrected chi connectivity index (χ2v) is 7.65. The zero-order valence-electron chi connectivity index (χ0n) is 11.1. The summed E-state index contributed by atoms with van der Waals surface area (Å²) in [5.74, 6) is 1.74. The Morgan fingerprint density at radius 1 is 1.24 bits per heavy atom. The number of ether oxygens (including phenoxy) is 1. The Morgan fingerprint density at radius 3 is 3.00 bits per heavy atom. The van der Waals surface area contributed by atoms with Crippen molar-refractivity contribution in [1.29, 1.82) is 0 Å². The summed E-state index contributed by atoms with van der Waals surface area (Å²) in [5, 5.41) is 0. The van der Waals surface area contributed by atoms with E-state index >= 15 is 0 Å². The van der Waals surface area contributed by atoms with Gasteiger partial charge in [-0.25, -0.2) is 4.98 Å². The number of nitrogens with zero attached hydrogens (tertiary/aromatic N) is 1. The van der Waals surface area contributed by atoms with Crippen molar-refractivity contribution in [3.63, 3.8) is 0 Å². The third kappa shape index (κ3) is 3.90. The Kier molecular flexibility index (Phi) is 4.67. The number of fused-ring (bicyclic) bond motifs is 1. The van der Waals surface area contributed by atoms with Gasteiger partial charge in [0.15, 0.2) is 4.34 Å². The normalized spacial score (nSPS) is 10.9. The van der Waals surface area contributed by atoms with Crippen LogP contribution in [-0.4, -0.2) is 17.3 Å². The molecule has 0 aliphatic heterocycles. The van der Waals surface area contributed by atoms with Gasteiger partial charge in [0.05, 0.1) is 16.8 Å². The minimum Gasteiger partial charge on any atom is -0.493 e. The van der Waals surface area contributed by atoms with Crippen LogP contribution < -0.4 is 10.5 Å². The molecule has 0 saturated carbocycles. The molecule has 0 saturated heterocycles. The molecule has 0 unspecified atom stereocenters. The molecule has 1 heterocycles. The molecule has 108 valence electrons. The predicted molar refractivity (Wildman–Crippen MR) is 94.4 cm³/mol. The number of hydrogen-bond acceptors (Lipinski definition) is 5. The molecule has 6 heteroatoms. The van der Waals surface area contributed by atoms with Crippen LogP contribution in [0.5, 0.6) is 5.75 Å². The number of thioether (sulfide) groups is 1. The summed E-state index contributed by atoms with van der Waals surface area (Å²) in [6.45, 7) is 0.652. The van der Waals surface area contributed by atoms with Crippen molar-refractivity contribution in [1.82, 2.24) is 4.98 Å². The molecular formula is C15H13BrN2OS2. The molecule has 3 nitrogen and oxygen atoms in total. The highest BCUT2D eigenvalue weighted by Crippen LogP contribution is 2.30. The number of rotatable bonds is 5. The smallest absolute Gasteiger partial charge is 0.151 e. The number of benzene rings is 2. The average molecular weight is 381 g/mol. The SMILES string of the molecule is Nc1ccc2nc(SCCOc3cccc(Br)c3)sc2c1. The summed E-state index contributed by atoms with van der Waals surface area (Å²) in [7, 11) is 0. The molecule has 0 aliphatic carbocycles. The summed E-state index contributed by atoms with van der Waals surface area (Å²) < 4.78 is 8.91. The van der Waals surface area contributed by atoms with Crippen LogP contribution in [0.25, 0.3) is 10.2 Å². The fourth-order valence-corrected chi connectivity index (χ4v) is 4.21. The van der Waals surface area contributed by atoms with Gasteiger partial charge in [-0.3, -0.25) is 0 Å². The van der Waals surface area contributed by atoms with E-state index in [4.69, 9.17) is 10.5 Å². The van der Waals surface area contributed by atoms with Crippen molar-refractivity contribution in [2.75, 3.05) is 18.1 Å². The monoisotopic (exact) mass is 380 g/mol. The average Bonchev–Trinajstić information content (AvgIpc) is 2.85. The Morgan fingerprint density at radius 2 is 2.14 bits per heavy atom. The summed E-state index contributed by atoms with van der Waals surface area (Å²) in [5.41, 5.74) is 7.56. The van der Waals surface area contributed by atoms with E-state index in [-0.39, 0.29) is 0 Å². The molecule has 0 amide bonds. The topological polar surface area (TPSA) is 48.1 Å². The lowest BCUT2D eigenvalue weighted by atomic mass is 10.3. The Balaban J connectivity index is 1.54. The number of hydrogen-bond donors (Lipinski definition) is 1. The van der Waals surface area contributed by atoms with Gasteiger partial charge in [0.2, 0.25) is 0 Å². The predicted octanol–water partition coefficient (Wildman–Crippen LogP) is 4.81. The van der Waals surface area contributed by atoms with Crippen molar-refractivity contribution < 1.29 is 4.74 Å². The van der Waals surface area contributed by atoms with Gasteiger partial charge in [-0.1, -0.05) is 33.8 Å². The van der Waals surface area contributed by atoms with Gasteiger partial charge >= 0.3 is 0 Å². The molecule has 21 heavy (non-hydrogen) atoms. The van der Waals surface area contributed by atoms with Gasteiger partial charge in [0.1, 0.15) is 5.75 Å². The van der Waals surface area contributed by atoms with Crippen LogP contribution in [-0.2, 0) is 0 Å². The first-order valence-corrected chi connectivity index (χ1v) is 8.97. The molecule has 0 spiro atoms. The maximum atomic E-state index is 5.78. The molecule has 0 atom stereocenters. The quantitative estimate of drug-likeness (QED) is 0.391. The summed E-state index contributed by atoms with van der Waals surface area (Å²) in [6, 6.07) is 13.7. The van der Waals surface area contributed by atoms with Gasteiger partial charge < -0.3 is 10.5 Å². The minimum atomic E-state index is 0.652. The second-order valence-electron chi connectivity index (χ2n) is 4.36. The first kappa shape index (κ1) is 14.7. The molecule has 2 aromatic carbocycles. The third-order valence-electron chi connectivity index (χ3n) is 2.77. The number of aromatic nitrogens is 1. The van der Waals surface area contributed by atoms with Gasteiger partial charge in [0.25, 0.3) is 0 Å². The zero-order chi connectivity index (χ0) is 14.7. The summed E-state index contributed by atoms with van der Waals surface area (Å²) >= 11 is 6.80. The molecule has 0 bridgehead atoms. The standard InChI is InChI=1S/C15H13BrN2OS2/c16-10-2-1-3-12(8-10)19-6-7-20-15-18-13-5-4-11(17)9-14(13)21-15/h1-5,8-9H,6-7,17H2. The van der Waals surface area contributed by atoms with Gasteiger partial charge in [-0.05, 0) is 36.4 Å². The van der Waals surface area contributed by atoms with Gasteiger partial charge in [-0.2, -0.15) is 0 Å². The first-order valence-electron chi connectivity index (χ1n) is 6.38. The lowest BCUT2D eigenvalue weighted by molar-refractivity contribution is 0.344. The van der Waals surface area contributed by atoms with E-state index in [2.05, 4.69) is 20.9 Å². The van der Waals surface area contributed by atoms with E-state index in [1.165, 1.54) is 0 Å². The van der Waals surface area contributed by atoms with E-state index in [1.807, 2.05) is 42.5 Å². The lowest BCUT2D eigenvalue weighted by Gasteiger charge is -2.05. The second kappa shape index (κ2) is 6.68. The molecule has 3 aromatic rings. The van der Waals surface area contributed by atoms with Crippen molar-refractivity contribution in [2.24, 2.45) is 0 Å². The Bertz CT molecular complexity index is 760. The molecule has 3 rings (SSSR count). The highest BCUT2D eigenvalue weighted by atomic mass is 79.9. The minimum absolute atomic E-state index is 0.652. The van der Waals surface area contributed by atoms with Crippen LogP contribution >= 0.6 is 39.0 Å². The van der Waals surface area contributed by atoms with Gasteiger partial charge in [-0.15, -0.1) is 11.3 Å². The number of thiazole rings is 1. The number of nitrogens with two attached hydrogens (primary N) is 1. The number of nitrogen functional groups attached to an aromatic ring is 1. The van der Waals surface area contributed by atoms with E-state index in [9.17, 15) is 0 Å². The fraction of sp³-hybridized carbons (Fsp3) is 0.133. The fourth-order valence-electron chi connectivity index (χ4n) is 1.83. The number of anilines is 1. The molecule has 1 aromatic heterocycles. The van der Waals surface area contributed by atoms with E-state index in [0.717, 1.165) is 36.2 Å². The Hall–Kier alpha value is -1.24. The van der Waals surface area contributed by atoms with E-state index in [1.54, 1.807) is 23.1 Å². The largest absolute Gasteiger partial charge is 0.493 e. The molecular weight excluding hydrogens is 368 g/mol. The van der Waals surface area contributed by atoms with Crippen molar-refractivity contribution in [3.8, 4) is 5.75 Å². The molecule has 0 radical (unpaired) electrons. The van der Waals surface area contributed by atoms with E-state index < -0.39 is 0 Å². The Labute approximate surface area is 139 Å². The van der Waals surface area contributed by atoms with Crippen LogP contribution in [0, 0.1) is 0 Å². The van der Waals surface area contributed by atoms with Gasteiger partial charge in [0, 0.05) is 15.9 Å². The van der Waals surface area contributed by atoms with Crippen molar-refractivity contribution >= 4 is 54.9 Å². The molecule has 2 N–H and O–H groups in total. The maximum absolute atomic E-state index is 5.78. The molecule has 0 fully saturated rings. The van der Waals surface area contributed by atoms with Crippen LogP contribution in [0.1, 0.15) is 0 Å². The third-order valence-corrected chi connectivity index (χ3v) is 5.39. The lowest BCUT2D eigenvalue weighted by Crippen LogP contribution is -1.99. The van der Waals surface area contributed by atoms with Crippen LogP contribution in [0.3, 0.4) is 0 Å². The summed E-state index contributed by atoms with van der Waals surface area (Å²) in [6.07, 6.45) is 0. The van der Waals surface area contributed by atoms with Crippen LogP contribution in [0.15, 0.2) is 51.3 Å². The van der Waals surface area contributed by atoms with Crippen molar-refractivity contribution in [2.45, 2.75) is 4.34 Å².